The van der Waals surface area contributed by atoms with Crippen LogP contribution in [0, 0.1) is 5.92 Å². The zero-order chi connectivity index (χ0) is 21.6. The molecule has 0 bridgehead atoms. The standard InChI is InChI=1S/C25H35N5O2/c1-2-7-22-21(6-1)26-18-25(27-22)31-17-4-3-12-29-13-15-30(16-14-29)23-8-5-9-24(28-23)32-19-20-10-11-20/h5,8-9,18,20H,1-4,6-7,10-17,19H2. The van der Waals surface area contributed by atoms with Gasteiger partial charge in [0.1, 0.15) is 5.82 Å². The van der Waals surface area contributed by atoms with E-state index in [0.29, 0.717) is 12.5 Å². The summed E-state index contributed by atoms with van der Waals surface area (Å²) in [5.41, 5.74) is 2.30. The van der Waals surface area contributed by atoms with E-state index in [1.165, 1.54) is 25.7 Å². The average Bonchev–Trinajstić information content (AvgIpc) is 3.68. The van der Waals surface area contributed by atoms with Crippen molar-refractivity contribution in [3.05, 3.63) is 35.8 Å². The Kier molecular flexibility index (Phi) is 7.01. The van der Waals surface area contributed by atoms with Crippen LogP contribution in [-0.4, -0.2) is 65.8 Å². The molecule has 7 nitrogen and oxygen atoms in total. The maximum Gasteiger partial charge on any atom is 0.232 e. The molecule has 0 amide bonds. The second-order valence-electron chi connectivity index (χ2n) is 9.28. The molecule has 2 aromatic heterocycles. The highest BCUT2D eigenvalue weighted by Crippen LogP contribution is 2.29. The number of anilines is 1. The number of unbranched alkanes of at least 4 members (excludes halogenated alkanes) is 1. The second kappa shape index (κ2) is 10.5. The van der Waals surface area contributed by atoms with Gasteiger partial charge in [-0.05, 0) is 69.9 Å². The molecule has 0 radical (unpaired) electrons. The first-order valence-corrected chi connectivity index (χ1v) is 12.4. The number of piperazine rings is 1. The van der Waals surface area contributed by atoms with Crippen LogP contribution in [0.25, 0.3) is 0 Å². The number of aromatic nitrogens is 3. The van der Waals surface area contributed by atoms with Crippen LogP contribution >= 0.6 is 0 Å². The zero-order valence-electron chi connectivity index (χ0n) is 19.0. The summed E-state index contributed by atoms with van der Waals surface area (Å²) < 4.78 is 11.7. The second-order valence-corrected chi connectivity index (χ2v) is 9.28. The Bertz CT molecular complexity index is 880. The Morgan fingerprint density at radius 2 is 1.72 bits per heavy atom. The van der Waals surface area contributed by atoms with Gasteiger partial charge in [0, 0.05) is 32.2 Å². The molecule has 0 atom stereocenters. The van der Waals surface area contributed by atoms with E-state index in [1.54, 1.807) is 6.20 Å². The SMILES string of the molecule is c1cc(OCC2CC2)nc(N2CCN(CCCCOc3cnc4c(n3)CCCC4)CC2)c1. The van der Waals surface area contributed by atoms with Crippen LogP contribution in [0.2, 0.25) is 0 Å². The monoisotopic (exact) mass is 437 g/mol. The van der Waals surface area contributed by atoms with E-state index < -0.39 is 0 Å². The Balaban J connectivity index is 0.985. The summed E-state index contributed by atoms with van der Waals surface area (Å²) >= 11 is 0. The maximum atomic E-state index is 5.87. The molecule has 2 aromatic rings. The summed E-state index contributed by atoms with van der Waals surface area (Å²) in [5.74, 6) is 3.24. The molecule has 0 aromatic carbocycles. The Hall–Kier alpha value is -2.41. The van der Waals surface area contributed by atoms with Crippen molar-refractivity contribution in [1.82, 2.24) is 19.9 Å². The number of ether oxygens (including phenoxy) is 2. The fourth-order valence-electron chi connectivity index (χ4n) is 4.46. The van der Waals surface area contributed by atoms with E-state index >= 15 is 0 Å². The Labute approximate surface area is 191 Å². The highest BCUT2D eigenvalue weighted by atomic mass is 16.5. The summed E-state index contributed by atoms with van der Waals surface area (Å²) in [5, 5.41) is 0. The minimum atomic E-state index is 0.690. The summed E-state index contributed by atoms with van der Waals surface area (Å²) in [6, 6.07) is 6.13. The molecule has 7 heteroatoms. The van der Waals surface area contributed by atoms with Gasteiger partial charge in [0.25, 0.3) is 0 Å². The molecule has 1 saturated heterocycles. The third-order valence-electron chi connectivity index (χ3n) is 6.67. The number of hydrogen-bond donors (Lipinski definition) is 0. The van der Waals surface area contributed by atoms with Crippen LogP contribution in [0.4, 0.5) is 5.82 Å². The molecule has 0 N–H and O–H groups in total. The Morgan fingerprint density at radius 3 is 2.56 bits per heavy atom. The highest BCUT2D eigenvalue weighted by molar-refractivity contribution is 5.41. The molecule has 32 heavy (non-hydrogen) atoms. The van der Waals surface area contributed by atoms with E-state index in [0.717, 1.165) is 94.0 Å². The highest BCUT2D eigenvalue weighted by Gasteiger charge is 2.22. The predicted octanol–water partition coefficient (Wildman–Crippen LogP) is 3.52. The summed E-state index contributed by atoms with van der Waals surface area (Å²) in [4.78, 5) is 18.8. The van der Waals surface area contributed by atoms with Crippen LogP contribution in [-0.2, 0) is 12.8 Å². The van der Waals surface area contributed by atoms with E-state index in [9.17, 15) is 0 Å². The normalized spacial score (nSPS) is 18.9. The third-order valence-corrected chi connectivity index (χ3v) is 6.67. The number of hydrogen-bond acceptors (Lipinski definition) is 7. The van der Waals surface area contributed by atoms with Crippen LogP contribution in [0.15, 0.2) is 24.4 Å². The smallest absolute Gasteiger partial charge is 0.232 e. The molecule has 5 rings (SSSR count). The van der Waals surface area contributed by atoms with Crippen molar-refractivity contribution in [1.29, 1.82) is 0 Å². The third kappa shape index (κ3) is 5.88. The minimum Gasteiger partial charge on any atom is -0.477 e. The molecule has 172 valence electrons. The molecule has 2 aliphatic carbocycles. The number of rotatable bonds is 10. The maximum absolute atomic E-state index is 5.87. The molecular formula is C25H35N5O2. The van der Waals surface area contributed by atoms with Gasteiger partial charge in [-0.15, -0.1) is 0 Å². The van der Waals surface area contributed by atoms with Crippen LogP contribution in [0.5, 0.6) is 11.8 Å². The number of pyridine rings is 1. The van der Waals surface area contributed by atoms with Gasteiger partial charge in [-0.2, -0.15) is 4.98 Å². The van der Waals surface area contributed by atoms with Gasteiger partial charge in [-0.3, -0.25) is 9.88 Å². The number of fused-ring (bicyclic) bond motifs is 1. The van der Waals surface area contributed by atoms with Gasteiger partial charge in [0.2, 0.25) is 11.8 Å². The molecule has 2 fully saturated rings. The van der Waals surface area contributed by atoms with E-state index in [-0.39, 0.29) is 0 Å². The molecular weight excluding hydrogens is 402 g/mol. The van der Waals surface area contributed by atoms with E-state index in [2.05, 4.69) is 31.9 Å². The fraction of sp³-hybridized carbons (Fsp3) is 0.640. The molecule has 1 aliphatic heterocycles. The summed E-state index contributed by atoms with van der Waals surface area (Å²) in [7, 11) is 0. The number of aryl methyl sites for hydroxylation is 2. The van der Waals surface area contributed by atoms with E-state index in [1.807, 2.05) is 6.07 Å². The average molecular weight is 438 g/mol. The van der Waals surface area contributed by atoms with Gasteiger partial charge < -0.3 is 14.4 Å². The topological polar surface area (TPSA) is 63.6 Å². The molecule has 1 saturated carbocycles. The minimum absolute atomic E-state index is 0.690. The van der Waals surface area contributed by atoms with Crippen molar-refractivity contribution in [2.75, 3.05) is 50.8 Å². The molecule has 0 unspecified atom stereocenters. The molecule has 0 spiro atoms. The van der Waals surface area contributed by atoms with Gasteiger partial charge >= 0.3 is 0 Å². The molecule has 3 aliphatic rings. The zero-order valence-corrected chi connectivity index (χ0v) is 19.0. The number of nitrogens with zero attached hydrogens (tertiary/aromatic N) is 5. The summed E-state index contributed by atoms with van der Waals surface area (Å²) in [6.07, 6.45) is 11.1. The van der Waals surface area contributed by atoms with Crippen LogP contribution in [0.3, 0.4) is 0 Å². The van der Waals surface area contributed by atoms with Gasteiger partial charge in [-0.25, -0.2) is 4.98 Å². The summed E-state index contributed by atoms with van der Waals surface area (Å²) in [6.45, 7) is 6.82. The van der Waals surface area contributed by atoms with Crippen molar-refractivity contribution < 1.29 is 9.47 Å². The van der Waals surface area contributed by atoms with Crippen molar-refractivity contribution >= 4 is 5.82 Å². The quantitative estimate of drug-likeness (QED) is 0.527. The van der Waals surface area contributed by atoms with E-state index in [4.69, 9.17) is 14.5 Å². The Morgan fingerprint density at radius 1 is 0.875 bits per heavy atom. The largest absolute Gasteiger partial charge is 0.477 e. The first-order valence-electron chi connectivity index (χ1n) is 12.4. The fourth-order valence-corrected chi connectivity index (χ4v) is 4.46. The first-order chi connectivity index (χ1) is 15.8. The molecule has 3 heterocycles. The lowest BCUT2D eigenvalue weighted by atomic mass is 10.0. The van der Waals surface area contributed by atoms with Crippen molar-refractivity contribution in [2.45, 2.75) is 51.4 Å². The van der Waals surface area contributed by atoms with Crippen molar-refractivity contribution in [3.63, 3.8) is 0 Å². The van der Waals surface area contributed by atoms with Gasteiger partial charge in [0.05, 0.1) is 30.8 Å². The van der Waals surface area contributed by atoms with Crippen LogP contribution < -0.4 is 14.4 Å². The lowest BCUT2D eigenvalue weighted by Gasteiger charge is -2.35. The van der Waals surface area contributed by atoms with Crippen molar-refractivity contribution in [2.24, 2.45) is 5.92 Å². The predicted molar refractivity (Wildman–Crippen MR) is 125 cm³/mol. The van der Waals surface area contributed by atoms with Gasteiger partial charge in [0.15, 0.2) is 0 Å². The van der Waals surface area contributed by atoms with Crippen molar-refractivity contribution in [3.8, 4) is 11.8 Å². The van der Waals surface area contributed by atoms with Crippen LogP contribution in [0.1, 0.15) is 49.9 Å². The lowest BCUT2D eigenvalue weighted by molar-refractivity contribution is 0.235. The van der Waals surface area contributed by atoms with Gasteiger partial charge in [-0.1, -0.05) is 6.07 Å². The lowest BCUT2D eigenvalue weighted by Crippen LogP contribution is -2.47. The first kappa shape index (κ1) is 21.4.